The van der Waals surface area contributed by atoms with Crippen molar-refractivity contribution < 1.29 is 4.92 Å². The van der Waals surface area contributed by atoms with Crippen molar-refractivity contribution in [1.82, 2.24) is 0 Å². The molecule has 2 aromatic carbocycles. The van der Waals surface area contributed by atoms with Gasteiger partial charge in [-0.2, -0.15) is 0 Å². The summed E-state index contributed by atoms with van der Waals surface area (Å²) in [4.78, 5) is 10.4. The van der Waals surface area contributed by atoms with E-state index >= 15 is 0 Å². The minimum absolute atomic E-state index is 0.0242. The Morgan fingerprint density at radius 1 is 1.16 bits per heavy atom. The molecule has 0 amide bonds. The molecule has 0 saturated heterocycles. The van der Waals surface area contributed by atoms with Crippen LogP contribution < -0.4 is 16.6 Å². The van der Waals surface area contributed by atoms with E-state index in [0.717, 1.165) is 9.26 Å². The van der Waals surface area contributed by atoms with Gasteiger partial charge in [0.05, 0.1) is 16.3 Å². The molecule has 0 fully saturated rings. The normalized spacial score (nSPS) is 10.0. The fourth-order valence-corrected chi connectivity index (χ4v) is 2.11. The van der Waals surface area contributed by atoms with Crippen molar-refractivity contribution in [2.45, 2.75) is 0 Å². The summed E-state index contributed by atoms with van der Waals surface area (Å²) in [5, 5.41) is 14.0. The third-order valence-electron chi connectivity index (χ3n) is 2.45. The summed E-state index contributed by atoms with van der Waals surface area (Å²) >= 11 is 2.19. The summed E-state index contributed by atoms with van der Waals surface area (Å²) in [6.45, 7) is 0. The Hall–Kier alpha value is -1.87. The Balaban J connectivity index is 2.37. The van der Waals surface area contributed by atoms with Gasteiger partial charge in [0, 0.05) is 21.4 Å². The quantitative estimate of drug-likeness (QED) is 0.333. The van der Waals surface area contributed by atoms with Crippen molar-refractivity contribution in [2.24, 2.45) is 5.84 Å². The summed E-state index contributed by atoms with van der Waals surface area (Å²) in [5.74, 6) is 5.31. The molecule has 0 bridgehead atoms. The van der Waals surface area contributed by atoms with Crippen LogP contribution in [0.2, 0.25) is 0 Å². The standard InChI is InChI=1S/C12H11IN4O2/c13-11-3-1-2-4-12(11)15-8-5-9(16-14)7-10(6-8)17(18)19/h1-7,15-16H,14H2. The summed E-state index contributed by atoms with van der Waals surface area (Å²) in [7, 11) is 0. The molecule has 4 N–H and O–H groups in total. The number of nitro benzene ring substituents is 1. The van der Waals surface area contributed by atoms with Crippen molar-refractivity contribution in [3.8, 4) is 0 Å². The number of rotatable bonds is 4. The molecule has 0 spiro atoms. The lowest BCUT2D eigenvalue weighted by molar-refractivity contribution is -0.384. The largest absolute Gasteiger partial charge is 0.354 e. The van der Waals surface area contributed by atoms with Gasteiger partial charge in [-0.1, -0.05) is 12.1 Å². The number of hydrogen-bond acceptors (Lipinski definition) is 5. The van der Waals surface area contributed by atoms with Crippen molar-refractivity contribution in [3.63, 3.8) is 0 Å². The molecule has 0 aliphatic heterocycles. The van der Waals surface area contributed by atoms with Crippen LogP contribution >= 0.6 is 22.6 Å². The van der Waals surface area contributed by atoms with Gasteiger partial charge in [-0.3, -0.25) is 16.0 Å². The Labute approximate surface area is 123 Å². The highest BCUT2D eigenvalue weighted by molar-refractivity contribution is 14.1. The molecule has 2 aromatic rings. The highest BCUT2D eigenvalue weighted by Crippen LogP contribution is 2.28. The van der Waals surface area contributed by atoms with E-state index in [9.17, 15) is 10.1 Å². The predicted octanol–water partition coefficient (Wildman–Crippen LogP) is 3.23. The van der Waals surface area contributed by atoms with E-state index in [1.54, 1.807) is 6.07 Å². The smallest absolute Gasteiger partial charge is 0.273 e. The summed E-state index contributed by atoms with van der Waals surface area (Å²) in [5.41, 5.74) is 4.35. The third-order valence-corrected chi connectivity index (χ3v) is 3.39. The van der Waals surface area contributed by atoms with Gasteiger partial charge in [0.2, 0.25) is 0 Å². The van der Waals surface area contributed by atoms with Gasteiger partial charge in [0.1, 0.15) is 0 Å². The molecular formula is C12H11IN4O2. The first-order valence-electron chi connectivity index (χ1n) is 5.38. The SMILES string of the molecule is NNc1cc(Nc2ccccc2I)cc([N+](=O)[O-])c1. The first kappa shape index (κ1) is 13.6. The van der Waals surface area contributed by atoms with Crippen LogP contribution in [0, 0.1) is 13.7 Å². The minimum atomic E-state index is -0.456. The van der Waals surface area contributed by atoms with E-state index < -0.39 is 4.92 Å². The van der Waals surface area contributed by atoms with E-state index in [4.69, 9.17) is 5.84 Å². The Kier molecular flexibility index (Phi) is 4.17. The Morgan fingerprint density at radius 3 is 2.47 bits per heavy atom. The lowest BCUT2D eigenvalue weighted by Crippen LogP contribution is -2.07. The third kappa shape index (κ3) is 3.32. The number of para-hydroxylation sites is 1. The Morgan fingerprint density at radius 2 is 1.84 bits per heavy atom. The molecule has 2 rings (SSSR count). The van der Waals surface area contributed by atoms with Gasteiger partial charge in [0.15, 0.2) is 0 Å². The van der Waals surface area contributed by atoms with Crippen LogP contribution in [0.5, 0.6) is 0 Å². The molecule has 0 unspecified atom stereocenters. The lowest BCUT2D eigenvalue weighted by Gasteiger charge is -2.10. The first-order chi connectivity index (χ1) is 9.10. The number of benzene rings is 2. The van der Waals surface area contributed by atoms with E-state index in [1.165, 1.54) is 12.1 Å². The molecule has 98 valence electrons. The molecule has 0 heterocycles. The average molecular weight is 370 g/mol. The van der Waals surface area contributed by atoms with Crippen LogP contribution in [-0.4, -0.2) is 4.92 Å². The van der Waals surface area contributed by atoms with Gasteiger partial charge in [-0.25, -0.2) is 0 Å². The maximum atomic E-state index is 10.8. The monoisotopic (exact) mass is 370 g/mol. The van der Waals surface area contributed by atoms with Crippen LogP contribution in [0.4, 0.5) is 22.7 Å². The number of nitrogens with two attached hydrogens (primary N) is 1. The molecule has 0 aliphatic rings. The van der Waals surface area contributed by atoms with Crippen LogP contribution in [-0.2, 0) is 0 Å². The number of hydrogen-bond donors (Lipinski definition) is 3. The van der Waals surface area contributed by atoms with E-state index in [2.05, 4.69) is 33.3 Å². The first-order valence-corrected chi connectivity index (χ1v) is 6.45. The van der Waals surface area contributed by atoms with Crippen molar-refractivity contribution >= 4 is 45.3 Å². The predicted molar refractivity (Wildman–Crippen MR) is 83.3 cm³/mol. The molecule has 0 atom stereocenters. The van der Waals surface area contributed by atoms with Crippen molar-refractivity contribution in [3.05, 3.63) is 56.1 Å². The van der Waals surface area contributed by atoms with Crippen LogP contribution in [0.1, 0.15) is 0 Å². The number of halogens is 1. The molecule has 0 aromatic heterocycles. The number of nitrogens with one attached hydrogen (secondary N) is 2. The van der Waals surface area contributed by atoms with Gasteiger partial charge < -0.3 is 10.7 Å². The molecule has 0 saturated carbocycles. The number of nitrogens with zero attached hydrogens (tertiary/aromatic N) is 1. The number of hydrazine groups is 1. The highest BCUT2D eigenvalue weighted by Gasteiger charge is 2.10. The maximum Gasteiger partial charge on any atom is 0.273 e. The maximum absolute atomic E-state index is 10.8. The van der Waals surface area contributed by atoms with E-state index in [1.807, 2.05) is 24.3 Å². The fraction of sp³-hybridized carbons (Fsp3) is 0. The van der Waals surface area contributed by atoms with Crippen LogP contribution in [0.25, 0.3) is 0 Å². The van der Waals surface area contributed by atoms with Gasteiger partial charge in [-0.05, 0) is 40.8 Å². The number of anilines is 3. The summed E-state index contributed by atoms with van der Waals surface area (Å²) in [6.07, 6.45) is 0. The molecule has 7 heteroatoms. The van der Waals surface area contributed by atoms with E-state index in [0.29, 0.717) is 11.4 Å². The zero-order valence-corrected chi connectivity index (χ0v) is 11.9. The van der Waals surface area contributed by atoms with Crippen molar-refractivity contribution in [2.75, 3.05) is 10.7 Å². The highest BCUT2D eigenvalue weighted by atomic mass is 127. The molecular weight excluding hydrogens is 359 g/mol. The molecule has 0 aliphatic carbocycles. The zero-order valence-electron chi connectivity index (χ0n) is 9.76. The van der Waals surface area contributed by atoms with E-state index in [-0.39, 0.29) is 5.69 Å². The van der Waals surface area contributed by atoms with Gasteiger partial charge in [0.25, 0.3) is 5.69 Å². The van der Waals surface area contributed by atoms with Crippen LogP contribution in [0.15, 0.2) is 42.5 Å². The second kappa shape index (κ2) is 5.85. The summed E-state index contributed by atoms with van der Waals surface area (Å²) in [6, 6.07) is 12.2. The molecule has 0 radical (unpaired) electrons. The van der Waals surface area contributed by atoms with Crippen LogP contribution in [0.3, 0.4) is 0 Å². The molecule has 19 heavy (non-hydrogen) atoms. The van der Waals surface area contributed by atoms with Gasteiger partial charge >= 0.3 is 0 Å². The Bertz CT molecular complexity index is 618. The number of nitro groups is 1. The second-order valence-electron chi connectivity index (χ2n) is 3.77. The average Bonchev–Trinajstić information content (AvgIpc) is 2.41. The zero-order chi connectivity index (χ0) is 13.8. The molecule has 6 nitrogen and oxygen atoms in total. The van der Waals surface area contributed by atoms with Gasteiger partial charge in [-0.15, -0.1) is 0 Å². The lowest BCUT2D eigenvalue weighted by atomic mass is 10.2. The second-order valence-corrected chi connectivity index (χ2v) is 4.94. The van der Waals surface area contributed by atoms with Crippen molar-refractivity contribution in [1.29, 1.82) is 0 Å². The fourth-order valence-electron chi connectivity index (χ4n) is 1.59. The summed E-state index contributed by atoms with van der Waals surface area (Å²) < 4.78 is 1.02. The number of non-ortho nitro benzene ring substituents is 1. The number of nitrogen functional groups attached to an aromatic ring is 1. The minimum Gasteiger partial charge on any atom is -0.354 e. The topological polar surface area (TPSA) is 93.2 Å².